The number of allylic oxidation sites excluding steroid dienone is 6. The van der Waals surface area contributed by atoms with Gasteiger partial charge >= 0.3 is 11.9 Å². The molecular weight excluding hydrogens is 777 g/mol. The highest BCUT2D eigenvalue weighted by Gasteiger charge is 2.19. The molecule has 4 N–H and O–H groups in total. The summed E-state index contributed by atoms with van der Waals surface area (Å²) in [5.41, 5.74) is 0. The van der Waals surface area contributed by atoms with Crippen molar-refractivity contribution < 1.29 is 34.1 Å². The first kappa shape index (κ1) is 59.1. The smallest absolute Gasteiger partial charge is 0.328 e. The standard InChI is InChI=1S/C53H96N2O7/c1-3-5-7-9-11-13-15-17-18-19-20-21-22-23-24-26-28-30-32-37-41-45-52(59)62-48(42-38-34-31-29-27-25-16-14-12-10-8-6-4-2)43-39-35-33-36-40-44-50(57)54-46-51(58)55-49(47-56)53(60)61/h16,19-20,25,29,31,48-49,56H,3-15,17-18,21-24,26-28,30,32-47H2,1-2H3,(H,54,57)(H,55,58)(H,60,61)/b20-19-,25-16-,31-29-. The zero-order valence-corrected chi connectivity index (χ0v) is 40.1. The third-order valence-electron chi connectivity index (χ3n) is 11.6. The normalized spacial score (nSPS) is 12.7. The molecule has 0 aliphatic rings. The first-order valence-corrected chi connectivity index (χ1v) is 25.9. The highest BCUT2D eigenvalue weighted by molar-refractivity contribution is 5.87. The van der Waals surface area contributed by atoms with Gasteiger partial charge in [0.1, 0.15) is 12.1 Å². The molecule has 0 fully saturated rings. The molecule has 0 saturated carbocycles. The molecule has 0 heterocycles. The summed E-state index contributed by atoms with van der Waals surface area (Å²) < 4.78 is 6.04. The van der Waals surface area contributed by atoms with Crippen molar-refractivity contribution in [2.75, 3.05) is 13.2 Å². The minimum atomic E-state index is -1.39. The van der Waals surface area contributed by atoms with E-state index in [9.17, 15) is 19.2 Å². The second-order valence-corrected chi connectivity index (χ2v) is 17.6. The zero-order valence-electron chi connectivity index (χ0n) is 40.1. The number of carboxylic acids is 1. The number of nitrogens with one attached hydrogen (secondary N) is 2. The molecule has 0 rings (SSSR count). The molecular formula is C53H96N2O7. The fourth-order valence-electron chi connectivity index (χ4n) is 7.63. The number of unbranched alkanes of at least 4 members (excludes halogenated alkanes) is 27. The van der Waals surface area contributed by atoms with E-state index in [1.165, 1.54) is 148 Å². The molecule has 0 bridgehead atoms. The van der Waals surface area contributed by atoms with Crippen molar-refractivity contribution in [3.63, 3.8) is 0 Å². The van der Waals surface area contributed by atoms with Gasteiger partial charge in [0, 0.05) is 12.8 Å². The average molecular weight is 873 g/mol. The van der Waals surface area contributed by atoms with Gasteiger partial charge < -0.3 is 25.6 Å². The Bertz CT molecular complexity index is 1140. The molecule has 2 atom stereocenters. The summed E-state index contributed by atoms with van der Waals surface area (Å²) in [5.74, 6) is -2.32. The molecule has 0 aromatic carbocycles. The number of hydrogen-bond donors (Lipinski definition) is 4. The van der Waals surface area contributed by atoms with Crippen LogP contribution in [-0.2, 0) is 23.9 Å². The molecule has 0 saturated heterocycles. The van der Waals surface area contributed by atoms with Crippen LogP contribution in [0, 0.1) is 0 Å². The van der Waals surface area contributed by atoms with Gasteiger partial charge in [-0.1, -0.05) is 185 Å². The van der Waals surface area contributed by atoms with Gasteiger partial charge in [0.2, 0.25) is 11.8 Å². The van der Waals surface area contributed by atoms with Gasteiger partial charge in [0.25, 0.3) is 0 Å². The number of aliphatic carboxylic acids is 1. The maximum absolute atomic E-state index is 12.9. The first-order valence-electron chi connectivity index (χ1n) is 25.9. The van der Waals surface area contributed by atoms with Crippen LogP contribution in [0.1, 0.15) is 251 Å². The Morgan fingerprint density at radius 1 is 0.484 bits per heavy atom. The number of aliphatic hydroxyl groups is 1. The Hall–Kier alpha value is -2.94. The number of carbonyl (C=O) groups excluding carboxylic acids is 3. The molecule has 0 aliphatic heterocycles. The van der Waals surface area contributed by atoms with Gasteiger partial charge in [-0.05, 0) is 89.9 Å². The van der Waals surface area contributed by atoms with Crippen LogP contribution in [0.15, 0.2) is 36.5 Å². The number of rotatable bonds is 47. The van der Waals surface area contributed by atoms with Crippen LogP contribution in [0.5, 0.6) is 0 Å². The summed E-state index contributed by atoms with van der Waals surface area (Å²) in [4.78, 5) is 47.8. The Balaban J connectivity index is 4.28. The molecule has 0 aromatic heterocycles. The Kier molecular flexibility index (Phi) is 45.3. The highest BCUT2D eigenvalue weighted by atomic mass is 16.5. The Morgan fingerprint density at radius 2 is 0.887 bits per heavy atom. The van der Waals surface area contributed by atoms with E-state index in [0.29, 0.717) is 12.8 Å². The van der Waals surface area contributed by atoms with Gasteiger partial charge in [-0.15, -0.1) is 0 Å². The van der Waals surface area contributed by atoms with Crippen LogP contribution in [0.25, 0.3) is 0 Å². The molecule has 0 aromatic rings. The van der Waals surface area contributed by atoms with Gasteiger partial charge in [-0.3, -0.25) is 14.4 Å². The van der Waals surface area contributed by atoms with E-state index in [-0.39, 0.29) is 30.9 Å². The van der Waals surface area contributed by atoms with Crippen molar-refractivity contribution >= 4 is 23.8 Å². The SMILES string of the molecule is CCCCCCC/C=C\C/C=C\CCCC(CCCCCCCC(=O)NCC(=O)NC(CO)C(=O)O)OC(=O)CCCCCCCCCCC/C=C\CCCCCCCCCC. The van der Waals surface area contributed by atoms with E-state index in [1.807, 2.05) is 0 Å². The summed E-state index contributed by atoms with van der Waals surface area (Å²) in [7, 11) is 0. The van der Waals surface area contributed by atoms with Crippen LogP contribution in [0.4, 0.5) is 0 Å². The summed E-state index contributed by atoms with van der Waals surface area (Å²) in [6.07, 6.45) is 56.1. The van der Waals surface area contributed by atoms with Gasteiger partial charge in [-0.2, -0.15) is 0 Å². The van der Waals surface area contributed by atoms with Crippen LogP contribution in [-0.4, -0.2) is 59.3 Å². The fraction of sp³-hybridized carbons (Fsp3) is 0.811. The highest BCUT2D eigenvalue weighted by Crippen LogP contribution is 2.18. The van der Waals surface area contributed by atoms with Gasteiger partial charge in [0.15, 0.2) is 0 Å². The monoisotopic (exact) mass is 873 g/mol. The van der Waals surface area contributed by atoms with Crippen molar-refractivity contribution in [1.82, 2.24) is 10.6 Å². The first-order chi connectivity index (χ1) is 30.3. The van der Waals surface area contributed by atoms with Crippen molar-refractivity contribution in [1.29, 1.82) is 0 Å². The third kappa shape index (κ3) is 43.7. The number of hydrogen-bond acceptors (Lipinski definition) is 6. The van der Waals surface area contributed by atoms with Crippen molar-refractivity contribution in [3.05, 3.63) is 36.5 Å². The van der Waals surface area contributed by atoms with Crippen LogP contribution in [0.3, 0.4) is 0 Å². The average Bonchev–Trinajstić information content (AvgIpc) is 3.26. The topological polar surface area (TPSA) is 142 Å². The molecule has 2 unspecified atom stereocenters. The second kappa shape index (κ2) is 47.5. The maximum Gasteiger partial charge on any atom is 0.328 e. The molecule has 0 radical (unpaired) electrons. The van der Waals surface area contributed by atoms with Crippen molar-refractivity contribution in [2.45, 2.75) is 264 Å². The van der Waals surface area contributed by atoms with E-state index in [2.05, 4.69) is 60.9 Å². The van der Waals surface area contributed by atoms with E-state index >= 15 is 0 Å². The van der Waals surface area contributed by atoms with E-state index in [4.69, 9.17) is 14.9 Å². The summed E-state index contributed by atoms with van der Waals surface area (Å²) in [6, 6.07) is -1.39. The fourth-order valence-corrected chi connectivity index (χ4v) is 7.63. The van der Waals surface area contributed by atoms with Crippen molar-refractivity contribution in [3.8, 4) is 0 Å². The van der Waals surface area contributed by atoms with Crippen LogP contribution < -0.4 is 10.6 Å². The van der Waals surface area contributed by atoms with Crippen LogP contribution in [0.2, 0.25) is 0 Å². The van der Waals surface area contributed by atoms with Gasteiger partial charge in [-0.25, -0.2) is 4.79 Å². The van der Waals surface area contributed by atoms with Gasteiger partial charge in [0.05, 0.1) is 13.2 Å². The summed E-state index contributed by atoms with van der Waals surface area (Å²) in [5, 5.41) is 22.6. The lowest BCUT2D eigenvalue weighted by atomic mass is 10.0. The largest absolute Gasteiger partial charge is 0.480 e. The summed E-state index contributed by atoms with van der Waals surface area (Å²) >= 11 is 0. The minimum Gasteiger partial charge on any atom is -0.480 e. The quantitative estimate of drug-likeness (QED) is 0.0271. The number of carboxylic acid groups (broad SMARTS) is 1. The zero-order chi connectivity index (χ0) is 45.4. The summed E-state index contributed by atoms with van der Waals surface area (Å²) in [6.45, 7) is 3.49. The maximum atomic E-state index is 12.9. The minimum absolute atomic E-state index is 0.0580. The molecule has 360 valence electrons. The number of esters is 1. The third-order valence-corrected chi connectivity index (χ3v) is 11.6. The lowest BCUT2D eigenvalue weighted by Gasteiger charge is -2.18. The molecule has 0 spiro atoms. The lowest BCUT2D eigenvalue weighted by molar-refractivity contribution is -0.150. The van der Waals surface area contributed by atoms with E-state index in [1.54, 1.807) is 0 Å². The van der Waals surface area contributed by atoms with E-state index < -0.39 is 24.5 Å². The number of amides is 2. The molecule has 2 amide bonds. The van der Waals surface area contributed by atoms with Crippen molar-refractivity contribution in [2.24, 2.45) is 0 Å². The molecule has 62 heavy (non-hydrogen) atoms. The molecule has 0 aliphatic carbocycles. The number of carbonyl (C=O) groups is 4. The van der Waals surface area contributed by atoms with E-state index in [0.717, 1.165) is 70.6 Å². The second-order valence-electron chi connectivity index (χ2n) is 17.6. The lowest BCUT2D eigenvalue weighted by Crippen LogP contribution is -2.47. The molecule has 9 nitrogen and oxygen atoms in total. The number of ether oxygens (including phenoxy) is 1. The Morgan fingerprint density at radius 3 is 1.37 bits per heavy atom. The van der Waals surface area contributed by atoms with Crippen LogP contribution >= 0.6 is 0 Å². The predicted octanol–water partition coefficient (Wildman–Crippen LogP) is 13.7. The number of aliphatic hydroxyl groups excluding tert-OH is 1. The predicted molar refractivity (Wildman–Crippen MR) is 259 cm³/mol. The molecule has 9 heteroatoms. The Labute approximate surface area is 380 Å².